The predicted octanol–water partition coefficient (Wildman–Crippen LogP) is 3.46. The quantitative estimate of drug-likeness (QED) is 0.790. The Kier molecular flexibility index (Phi) is 3.89. The van der Waals surface area contributed by atoms with Crippen LogP contribution in [0.3, 0.4) is 0 Å². The molecule has 88 valence electrons. The van der Waals surface area contributed by atoms with Gasteiger partial charge in [0.1, 0.15) is 0 Å². The number of pyridine rings is 1. The number of hydrogen-bond donors (Lipinski definition) is 1. The van der Waals surface area contributed by atoms with Gasteiger partial charge in [-0.2, -0.15) is 0 Å². The van der Waals surface area contributed by atoms with Gasteiger partial charge >= 0.3 is 0 Å². The van der Waals surface area contributed by atoms with Crippen LogP contribution in [0.1, 0.15) is 24.4 Å². The van der Waals surface area contributed by atoms with E-state index in [4.69, 9.17) is 0 Å². The molecule has 2 heteroatoms. The van der Waals surface area contributed by atoms with Gasteiger partial charge < -0.3 is 5.32 Å². The zero-order valence-electron chi connectivity index (χ0n) is 10.2. The highest BCUT2D eigenvalue weighted by Gasteiger charge is 2.08. The second-order valence-corrected chi connectivity index (χ2v) is 4.16. The number of benzene rings is 1. The molecule has 17 heavy (non-hydrogen) atoms. The predicted molar refractivity (Wildman–Crippen MR) is 73.0 cm³/mol. The minimum Gasteiger partial charge on any atom is -0.313 e. The largest absolute Gasteiger partial charge is 0.313 e. The van der Waals surface area contributed by atoms with E-state index in [1.807, 2.05) is 25.4 Å². The van der Waals surface area contributed by atoms with Crippen LogP contribution in [0.4, 0.5) is 0 Å². The lowest BCUT2D eigenvalue weighted by Crippen LogP contribution is -2.15. The first-order valence-corrected chi connectivity index (χ1v) is 5.98. The van der Waals surface area contributed by atoms with Crippen molar-refractivity contribution in [3.63, 3.8) is 0 Å². The average Bonchev–Trinajstić information content (AvgIpc) is 2.39. The number of aromatic nitrogens is 1. The van der Waals surface area contributed by atoms with Gasteiger partial charge in [-0.25, -0.2) is 0 Å². The van der Waals surface area contributed by atoms with Gasteiger partial charge in [0.15, 0.2) is 0 Å². The Bertz CT molecular complexity index is 505. The fourth-order valence-corrected chi connectivity index (χ4v) is 2.07. The number of fused-ring (bicyclic) bond motifs is 1. The maximum absolute atomic E-state index is 4.33. The summed E-state index contributed by atoms with van der Waals surface area (Å²) in [6.07, 6.45) is 5.89. The highest BCUT2D eigenvalue weighted by atomic mass is 14.9. The minimum atomic E-state index is 0.387. The zero-order chi connectivity index (χ0) is 12.1. The van der Waals surface area contributed by atoms with Crippen molar-refractivity contribution in [1.29, 1.82) is 0 Å². The molecule has 1 unspecified atom stereocenters. The molecule has 0 fully saturated rings. The van der Waals surface area contributed by atoms with Crippen LogP contribution < -0.4 is 5.32 Å². The first-order chi connectivity index (χ1) is 8.35. The van der Waals surface area contributed by atoms with Gasteiger partial charge in [0.2, 0.25) is 0 Å². The van der Waals surface area contributed by atoms with Gasteiger partial charge in [0, 0.05) is 17.6 Å². The standard InChI is InChI=1S/C15H18N2/c1-3-4-7-14(16-2)13-8-9-15-12(11-13)6-5-10-17-15/h3,5-6,8-11,14,16H,1,4,7H2,2H3. The van der Waals surface area contributed by atoms with Crippen LogP contribution in [0.25, 0.3) is 10.9 Å². The van der Waals surface area contributed by atoms with E-state index in [-0.39, 0.29) is 0 Å². The maximum atomic E-state index is 4.33. The fraction of sp³-hybridized carbons (Fsp3) is 0.267. The topological polar surface area (TPSA) is 24.9 Å². The third-order valence-electron chi connectivity index (χ3n) is 3.04. The van der Waals surface area contributed by atoms with Crippen molar-refractivity contribution in [2.24, 2.45) is 0 Å². The molecule has 0 amide bonds. The molecule has 2 aromatic rings. The van der Waals surface area contributed by atoms with Crippen LogP contribution in [0.15, 0.2) is 49.2 Å². The second kappa shape index (κ2) is 5.60. The molecule has 0 aliphatic carbocycles. The first-order valence-electron chi connectivity index (χ1n) is 5.98. The van der Waals surface area contributed by atoms with Crippen LogP contribution in [-0.2, 0) is 0 Å². The number of allylic oxidation sites excluding steroid dienone is 1. The fourth-order valence-electron chi connectivity index (χ4n) is 2.07. The number of hydrogen-bond acceptors (Lipinski definition) is 2. The van der Waals surface area contributed by atoms with E-state index in [0.29, 0.717) is 6.04 Å². The van der Waals surface area contributed by atoms with Crippen LogP contribution >= 0.6 is 0 Å². The highest BCUT2D eigenvalue weighted by molar-refractivity contribution is 5.79. The molecule has 0 radical (unpaired) electrons. The minimum absolute atomic E-state index is 0.387. The Balaban J connectivity index is 2.30. The number of nitrogens with zero attached hydrogens (tertiary/aromatic N) is 1. The van der Waals surface area contributed by atoms with Gasteiger partial charge in [-0.15, -0.1) is 6.58 Å². The zero-order valence-corrected chi connectivity index (χ0v) is 10.2. The Labute approximate surface area is 102 Å². The summed E-state index contributed by atoms with van der Waals surface area (Å²) in [5.41, 5.74) is 2.37. The van der Waals surface area contributed by atoms with Crippen molar-refractivity contribution < 1.29 is 0 Å². The summed E-state index contributed by atoms with van der Waals surface area (Å²) in [7, 11) is 2.00. The van der Waals surface area contributed by atoms with Crippen molar-refractivity contribution in [1.82, 2.24) is 10.3 Å². The monoisotopic (exact) mass is 226 g/mol. The van der Waals surface area contributed by atoms with E-state index in [0.717, 1.165) is 18.4 Å². The smallest absolute Gasteiger partial charge is 0.0702 e. The molecule has 1 aromatic heterocycles. The van der Waals surface area contributed by atoms with Crippen molar-refractivity contribution in [3.8, 4) is 0 Å². The molecule has 0 aliphatic rings. The molecule has 2 rings (SSSR count). The van der Waals surface area contributed by atoms with Crippen LogP contribution in [0, 0.1) is 0 Å². The van der Waals surface area contributed by atoms with Crippen LogP contribution in [0.2, 0.25) is 0 Å². The summed E-state index contributed by atoms with van der Waals surface area (Å²) in [6.45, 7) is 3.77. The van der Waals surface area contributed by atoms with E-state index in [1.54, 1.807) is 0 Å². The Hall–Kier alpha value is -1.67. The molecule has 1 heterocycles. The molecule has 0 aliphatic heterocycles. The molecule has 1 aromatic carbocycles. The molecule has 1 N–H and O–H groups in total. The molecule has 2 nitrogen and oxygen atoms in total. The van der Waals surface area contributed by atoms with E-state index in [9.17, 15) is 0 Å². The van der Waals surface area contributed by atoms with Crippen molar-refractivity contribution in [2.75, 3.05) is 7.05 Å². The lowest BCUT2D eigenvalue weighted by Gasteiger charge is -2.16. The molecule has 1 atom stereocenters. The molecule has 0 saturated carbocycles. The SMILES string of the molecule is C=CCCC(NC)c1ccc2ncccc2c1. The van der Waals surface area contributed by atoms with Crippen molar-refractivity contribution >= 4 is 10.9 Å². The van der Waals surface area contributed by atoms with E-state index >= 15 is 0 Å². The molecule has 0 bridgehead atoms. The van der Waals surface area contributed by atoms with Gasteiger partial charge in [-0.3, -0.25) is 4.98 Å². The number of rotatable bonds is 5. The lowest BCUT2D eigenvalue weighted by atomic mass is 10.0. The summed E-state index contributed by atoms with van der Waals surface area (Å²) in [5, 5.41) is 4.55. The van der Waals surface area contributed by atoms with Gasteiger partial charge in [0.05, 0.1) is 5.52 Å². The van der Waals surface area contributed by atoms with Crippen LogP contribution in [0.5, 0.6) is 0 Å². The third-order valence-corrected chi connectivity index (χ3v) is 3.04. The third kappa shape index (κ3) is 2.71. The summed E-state index contributed by atoms with van der Waals surface area (Å²) < 4.78 is 0. The first kappa shape index (κ1) is 11.8. The average molecular weight is 226 g/mol. The Morgan fingerprint density at radius 1 is 1.41 bits per heavy atom. The van der Waals surface area contributed by atoms with Gasteiger partial charge in [-0.1, -0.05) is 18.2 Å². The molecular formula is C15H18N2. The summed E-state index contributed by atoms with van der Waals surface area (Å²) in [6, 6.07) is 10.9. The van der Waals surface area contributed by atoms with E-state index < -0.39 is 0 Å². The molecule has 0 saturated heterocycles. The summed E-state index contributed by atoms with van der Waals surface area (Å²) >= 11 is 0. The van der Waals surface area contributed by atoms with Gasteiger partial charge in [-0.05, 0) is 43.7 Å². The molecule has 0 spiro atoms. The number of nitrogens with one attached hydrogen (secondary N) is 1. The van der Waals surface area contributed by atoms with Gasteiger partial charge in [0.25, 0.3) is 0 Å². The normalized spacial score (nSPS) is 12.5. The van der Waals surface area contributed by atoms with Crippen molar-refractivity contribution in [3.05, 3.63) is 54.7 Å². The maximum Gasteiger partial charge on any atom is 0.0702 e. The highest BCUT2D eigenvalue weighted by Crippen LogP contribution is 2.22. The summed E-state index contributed by atoms with van der Waals surface area (Å²) in [5.74, 6) is 0. The summed E-state index contributed by atoms with van der Waals surface area (Å²) in [4.78, 5) is 4.33. The lowest BCUT2D eigenvalue weighted by molar-refractivity contribution is 0.555. The van der Waals surface area contributed by atoms with Crippen LogP contribution in [-0.4, -0.2) is 12.0 Å². The molecular weight excluding hydrogens is 208 g/mol. The Morgan fingerprint density at radius 2 is 2.29 bits per heavy atom. The second-order valence-electron chi connectivity index (χ2n) is 4.16. The van der Waals surface area contributed by atoms with E-state index in [1.165, 1.54) is 10.9 Å². The van der Waals surface area contributed by atoms with E-state index in [2.05, 4.69) is 41.1 Å². The Morgan fingerprint density at radius 3 is 3.06 bits per heavy atom. The van der Waals surface area contributed by atoms with Crippen molar-refractivity contribution in [2.45, 2.75) is 18.9 Å².